The molecule has 0 aliphatic heterocycles. The fraction of sp³-hybridized carbons (Fsp3) is 0. The summed E-state index contributed by atoms with van der Waals surface area (Å²) in [6, 6.07) is 7.51. The highest BCUT2D eigenvalue weighted by atomic mass is 16.2. The van der Waals surface area contributed by atoms with Gasteiger partial charge in [-0.25, -0.2) is 0 Å². The molecule has 1 heterocycles. The van der Waals surface area contributed by atoms with E-state index in [0.29, 0.717) is 5.56 Å². The molecule has 0 spiro atoms. The number of hydrogen-bond acceptors (Lipinski definition) is 2. The van der Waals surface area contributed by atoms with Crippen LogP contribution in [0.4, 0.5) is 0 Å². The first-order valence-electron chi connectivity index (χ1n) is 4.97. The minimum Gasteiger partial charge on any atom is -0.365 e. The van der Waals surface area contributed by atoms with Crippen LogP contribution >= 0.6 is 0 Å². The molecule has 5 heteroatoms. The molecule has 0 bridgehead atoms. The molecule has 0 unspecified atom stereocenters. The Hall–Kier alpha value is -2.56. The summed E-state index contributed by atoms with van der Waals surface area (Å²) in [4.78, 5) is 25.1. The van der Waals surface area contributed by atoms with Gasteiger partial charge in [0.25, 0.3) is 11.8 Å². The summed E-state index contributed by atoms with van der Waals surface area (Å²) in [7, 11) is 0. The molecule has 0 saturated carbocycles. The lowest BCUT2D eigenvalue weighted by Crippen LogP contribution is -2.25. The summed E-state index contributed by atoms with van der Waals surface area (Å²) in [5, 5.41) is 0.896. The molecule has 0 fully saturated rings. The van der Waals surface area contributed by atoms with Crippen LogP contribution in [0.3, 0.4) is 0 Å². The average Bonchev–Trinajstić information content (AvgIpc) is 2.68. The van der Waals surface area contributed by atoms with Crippen molar-refractivity contribution in [2.45, 2.75) is 0 Å². The highest BCUT2D eigenvalue weighted by Gasteiger charge is 2.12. The van der Waals surface area contributed by atoms with Crippen molar-refractivity contribution in [2.75, 3.05) is 0 Å². The minimum atomic E-state index is -0.831. The quantitative estimate of drug-likeness (QED) is 0.406. The number of para-hydroxylation sites is 1. The number of aromatic nitrogens is 1. The fourth-order valence-electron chi connectivity index (χ4n) is 1.63. The maximum atomic E-state index is 11.0. The van der Waals surface area contributed by atoms with Crippen molar-refractivity contribution in [2.24, 2.45) is 11.5 Å². The number of nitrogens with two attached hydrogens (primary N) is 2. The molecule has 86 valence electrons. The third kappa shape index (κ3) is 2.03. The zero-order valence-electron chi connectivity index (χ0n) is 8.94. The molecule has 17 heavy (non-hydrogen) atoms. The maximum Gasteiger partial charge on any atom is 0.254 e. The average molecular weight is 229 g/mol. The second kappa shape index (κ2) is 4.13. The second-order valence-electron chi connectivity index (χ2n) is 3.58. The zero-order valence-corrected chi connectivity index (χ0v) is 8.94. The first kappa shape index (κ1) is 10.9. The predicted octanol–water partition coefficient (Wildman–Crippen LogP) is 0.522. The van der Waals surface area contributed by atoms with Gasteiger partial charge in [-0.3, -0.25) is 9.59 Å². The van der Waals surface area contributed by atoms with Gasteiger partial charge in [-0.15, -0.1) is 0 Å². The van der Waals surface area contributed by atoms with E-state index in [2.05, 4.69) is 4.98 Å². The number of hydrogen-bond donors (Lipinski definition) is 3. The molecular formula is C12H11N3O2. The van der Waals surface area contributed by atoms with Crippen LogP contribution in [0.2, 0.25) is 0 Å². The van der Waals surface area contributed by atoms with E-state index in [9.17, 15) is 9.59 Å². The number of amides is 2. The molecule has 1 aromatic heterocycles. The van der Waals surface area contributed by atoms with E-state index < -0.39 is 11.8 Å². The van der Waals surface area contributed by atoms with Crippen LogP contribution in [0.15, 0.2) is 36.0 Å². The number of H-pyrrole nitrogens is 1. The SMILES string of the molecule is NC(=O)C(=Cc1c[nH]c2ccccc12)C(N)=O. The molecule has 0 atom stereocenters. The summed E-state index contributed by atoms with van der Waals surface area (Å²) >= 11 is 0. The van der Waals surface area contributed by atoms with E-state index in [4.69, 9.17) is 11.5 Å². The number of nitrogens with one attached hydrogen (secondary N) is 1. The summed E-state index contributed by atoms with van der Waals surface area (Å²) in [6.07, 6.45) is 3.08. The molecule has 0 aliphatic carbocycles. The Balaban J connectivity index is 2.57. The van der Waals surface area contributed by atoms with E-state index in [1.165, 1.54) is 6.08 Å². The zero-order chi connectivity index (χ0) is 12.4. The van der Waals surface area contributed by atoms with Gasteiger partial charge in [0, 0.05) is 22.7 Å². The smallest absolute Gasteiger partial charge is 0.254 e. The lowest BCUT2D eigenvalue weighted by molar-refractivity contribution is -0.120. The van der Waals surface area contributed by atoms with Crippen molar-refractivity contribution in [3.05, 3.63) is 41.6 Å². The molecular weight excluding hydrogens is 218 g/mol. The van der Waals surface area contributed by atoms with E-state index in [-0.39, 0.29) is 5.57 Å². The summed E-state index contributed by atoms with van der Waals surface area (Å²) in [5.74, 6) is -1.66. The van der Waals surface area contributed by atoms with E-state index >= 15 is 0 Å². The largest absolute Gasteiger partial charge is 0.365 e. The number of primary amides is 2. The molecule has 1 aromatic carbocycles. The third-order valence-corrected chi connectivity index (χ3v) is 2.45. The molecule has 5 N–H and O–H groups in total. The lowest BCUT2D eigenvalue weighted by Gasteiger charge is -1.97. The van der Waals surface area contributed by atoms with Crippen LogP contribution in [0.5, 0.6) is 0 Å². The second-order valence-corrected chi connectivity index (χ2v) is 3.58. The molecule has 2 amide bonds. The summed E-state index contributed by atoms with van der Waals surface area (Å²) in [6.45, 7) is 0. The van der Waals surface area contributed by atoms with Crippen LogP contribution in [0.25, 0.3) is 17.0 Å². The monoisotopic (exact) mass is 229 g/mol. The number of carbonyl (C=O) groups is 2. The standard InChI is InChI=1S/C12H11N3O2/c13-11(16)9(12(14)17)5-7-6-15-10-4-2-1-3-8(7)10/h1-6,15H,(H2,13,16)(H2,14,17). The molecule has 5 nitrogen and oxygen atoms in total. The van der Waals surface area contributed by atoms with Gasteiger partial charge in [0.15, 0.2) is 0 Å². The van der Waals surface area contributed by atoms with Crippen LogP contribution < -0.4 is 11.5 Å². The van der Waals surface area contributed by atoms with Gasteiger partial charge in [0.1, 0.15) is 5.57 Å². The Morgan fingerprint density at radius 1 is 1.12 bits per heavy atom. The van der Waals surface area contributed by atoms with Gasteiger partial charge >= 0.3 is 0 Å². The Labute approximate surface area is 97.1 Å². The maximum absolute atomic E-state index is 11.0. The molecule has 0 saturated heterocycles. The van der Waals surface area contributed by atoms with Gasteiger partial charge < -0.3 is 16.5 Å². The number of carbonyl (C=O) groups excluding carboxylic acids is 2. The topological polar surface area (TPSA) is 102 Å². The summed E-state index contributed by atoms with van der Waals surface area (Å²) < 4.78 is 0. The van der Waals surface area contributed by atoms with Gasteiger partial charge in [0.05, 0.1) is 0 Å². The van der Waals surface area contributed by atoms with Crippen molar-refractivity contribution in [1.29, 1.82) is 0 Å². The van der Waals surface area contributed by atoms with Crippen molar-refractivity contribution < 1.29 is 9.59 Å². The van der Waals surface area contributed by atoms with Crippen LogP contribution in [0.1, 0.15) is 5.56 Å². The Kier molecular flexibility index (Phi) is 2.66. The Morgan fingerprint density at radius 2 is 1.76 bits per heavy atom. The molecule has 0 radical (unpaired) electrons. The Bertz CT molecular complexity index is 609. The number of fused-ring (bicyclic) bond motifs is 1. The molecule has 0 aliphatic rings. The lowest BCUT2D eigenvalue weighted by atomic mass is 10.1. The number of benzene rings is 1. The summed E-state index contributed by atoms with van der Waals surface area (Å²) in [5.41, 5.74) is 11.6. The van der Waals surface area contributed by atoms with Crippen molar-refractivity contribution >= 4 is 28.8 Å². The van der Waals surface area contributed by atoms with Crippen LogP contribution in [-0.4, -0.2) is 16.8 Å². The van der Waals surface area contributed by atoms with Crippen LogP contribution in [-0.2, 0) is 9.59 Å². The first-order valence-corrected chi connectivity index (χ1v) is 4.97. The first-order chi connectivity index (χ1) is 8.09. The molecule has 2 rings (SSSR count). The fourth-order valence-corrected chi connectivity index (χ4v) is 1.63. The van der Waals surface area contributed by atoms with Gasteiger partial charge in [0.2, 0.25) is 0 Å². The highest BCUT2D eigenvalue weighted by Crippen LogP contribution is 2.20. The number of rotatable bonds is 3. The van der Waals surface area contributed by atoms with Crippen molar-refractivity contribution in [3.8, 4) is 0 Å². The predicted molar refractivity (Wildman–Crippen MR) is 64.7 cm³/mol. The van der Waals surface area contributed by atoms with E-state index in [1.54, 1.807) is 6.20 Å². The van der Waals surface area contributed by atoms with Crippen molar-refractivity contribution in [1.82, 2.24) is 4.98 Å². The Morgan fingerprint density at radius 3 is 2.41 bits per heavy atom. The highest BCUT2D eigenvalue weighted by molar-refractivity contribution is 6.21. The van der Waals surface area contributed by atoms with Gasteiger partial charge in [-0.1, -0.05) is 18.2 Å². The normalized spacial score (nSPS) is 10.1. The van der Waals surface area contributed by atoms with E-state index in [1.807, 2.05) is 24.3 Å². The van der Waals surface area contributed by atoms with Crippen LogP contribution in [0, 0.1) is 0 Å². The van der Waals surface area contributed by atoms with E-state index in [0.717, 1.165) is 10.9 Å². The van der Waals surface area contributed by atoms with Gasteiger partial charge in [-0.05, 0) is 12.1 Å². The number of aromatic amines is 1. The van der Waals surface area contributed by atoms with Crippen molar-refractivity contribution in [3.63, 3.8) is 0 Å². The molecule has 2 aromatic rings. The van der Waals surface area contributed by atoms with Gasteiger partial charge in [-0.2, -0.15) is 0 Å². The third-order valence-electron chi connectivity index (χ3n) is 2.45. The minimum absolute atomic E-state index is 0.213.